The molecule has 0 radical (unpaired) electrons. The third kappa shape index (κ3) is 5.47. The number of carbonyl (C=O) groups is 2. The maximum Gasteiger partial charge on any atom is 0.316 e. The van der Waals surface area contributed by atoms with Crippen molar-refractivity contribution in [2.45, 2.75) is 32.1 Å². The molecular formula is C15H20O3S. The lowest BCUT2D eigenvalue weighted by molar-refractivity contribution is -0.140. The molecule has 1 rings (SSSR count). The van der Waals surface area contributed by atoms with Crippen LogP contribution in [0, 0.1) is 5.92 Å². The van der Waals surface area contributed by atoms with Crippen molar-refractivity contribution in [1.29, 1.82) is 0 Å². The van der Waals surface area contributed by atoms with Crippen molar-refractivity contribution in [3.63, 3.8) is 0 Å². The first-order chi connectivity index (χ1) is 9.04. The van der Waals surface area contributed by atoms with Gasteiger partial charge in [0.25, 0.3) is 0 Å². The predicted molar refractivity (Wildman–Crippen MR) is 77.6 cm³/mol. The summed E-state index contributed by atoms with van der Waals surface area (Å²) in [6, 6.07) is 7.35. The van der Waals surface area contributed by atoms with Crippen molar-refractivity contribution in [2.75, 3.05) is 12.4 Å². The summed E-state index contributed by atoms with van der Waals surface area (Å²) in [5, 5.41) is 0. The van der Waals surface area contributed by atoms with Crippen molar-refractivity contribution < 1.29 is 14.3 Å². The number of hydrogen-bond acceptors (Lipinski definition) is 4. The fourth-order valence-electron chi connectivity index (χ4n) is 1.45. The Morgan fingerprint density at radius 2 is 1.84 bits per heavy atom. The first-order valence-corrected chi connectivity index (χ1v) is 7.45. The lowest BCUT2D eigenvalue weighted by Gasteiger charge is -2.06. The molecule has 0 fully saturated rings. The molecule has 19 heavy (non-hydrogen) atoms. The van der Waals surface area contributed by atoms with Crippen LogP contribution < -0.4 is 0 Å². The molecule has 1 aromatic rings. The van der Waals surface area contributed by atoms with Gasteiger partial charge in [0.1, 0.15) is 0 Å². The molecule has 0 bridgehead atoms. The van der Waals surface area contributed by atoms with E-state index in [0.29, 0.717) is 17.9 Å². The van der Waals surface area contributed by atoms with Crippen molar-refractivity contribution in [2.24, 2.45) is 5.92 Å². The van der Waals surface area contributed by atoms with Crippen LogP contribution in [0.2, 0.25) is 0 Å². The second-order valence-corrected chi connectivity index (χ2v) is 5.60. The van der Waals surface area contributed by atoms with Crippen molar-refractivity contribution in [1.82, 2.24) is 0 Å². The van der Waals surface area contributed by atoms with Gasteiger partial charge < -0.3 is 4.74 Å². The minimum atomic E-state index is -0.200. The normalized spacial score (nSPS) is 10.5. The molecule has 0 spiro atoms. The fraction of sp³-hybridized carbons (Fsp3) is 0.467. The van der Waals surface area contributed by atoms with E-state index in [1.54, 1.807) is 0 Å². The Labute approximate surface area is 118 Å². The molecule has 104 valence electrons. The Hall–Kier alpha value is -1.29. The summed E-state index contributed by atoms with van der Waals surface area (Å²) in [6.45, 7) is 6.20. The van der Waals surface area contributed by atoms with Crippen LogP contribution in [0.3, 0.4) is 0 Å². The number of thioether (sulfide) groups is 1. The van der Waals surface area contributed by atoms with E-state index in [-0.39, 0.29) is 17.7 Å². The quantitative estimate of drug-likeness (QED) is 0.435. The van der Waals surface area contributed by atoms with Gasteiger partial charge in [-0.05, 0) is 18.6 Å². The summed E-state index contributed by atoms with van der Waals surface area (Å²) >= 11 is 1.42. The number of Topliss-reactive ketones (excluding diaryl/α,β-unsaturated/α-hetero) is 1. The summed E-state index contributed by atoms with van der Waals surface area (Å²) in [4.78, 5) is 24.1. The molecule has 1 aromatic carbocycles. The molecule has 0 atom stereocenters. The zero-order valence-corrected chi connectivity index (χ0v) is 12.5. The summed E-state index contributed by atoms with van der Waals surface area (Å²) in [5.74, 6) is 0.243. The van der Waals surface area contributed by atoms with Gasteiger partial charge in [-0.2, -0.15) is 0 Å². The minimum absolute atomic E-state index is 0.00234. The molecule has 0 unspecified atom stereocenters. The van der Waals surface area contributed by atoms with Gasteiger partial charge in [0.2, 0.25) is 0 Å². The highest BCUT2D eigenvalue weighted by atomic mass is 32.2. The van der Waals surface area contributed by atoms with E-state index in [4.69, 9.17) is 4.74 Å². The Balaban J connectivity index is 2.49. The second-order valence-electron chi connectivity index (χ2n) is 4.55. The Morgan fingerprint density at radius 1 is 1.21 bits per heavy atom. The maximum absolute atomic E-state index is 11.8. The van der Waals surface area contributed by atoms with Crippen LogP contribution in [-0.4, -0.2) is 24.1 Å². The number of rotatable bonds is 7. The van der Waals surface area contributed by atoms with E-state index in [1.807, 2.05) is 45.0 Å². The third-order valence-corrected chi connectivity index (χ3v) is 3.47. The Bertz CT molecular complexity index is 424. The van der Waals surface area contributed by atoms with Crippen molar-refractivity contribution in [3.05, 3.63) is 29.8 Å². The molecule has 0 aliphatic carbocycles. The van der Waals surface area contributed by atoms with Gasteiger partial charge in [-0.1, -0.05) is 32.9 Å². The molecule has 4 heteroatoms. The largest absolute Gasteiger partial charge is 0.465 e. The van der Waals surface area contributed by atoms with Crippen molar-refractivity contribution >= 4 is 23.5 Å². The van der Waals surface area contributed by atoms with Crippen LogP contribution in [0.15, 0.2) is 29.2 Å². The predicted octanol–water partition coefficient (Wildman–Crippen LogP) is 3.57. The average Bonchev–Trinajstić information content (AvgIpc) is 2.42. The Morgan fingerprint density at radius 3 is 2.37 bits per heavy atom. The highest BCUT2D eigenvalue weighted by Crippen LogP contribution is 2.19. The molecule has 0 aliphatic rings. The molecule has 0 N–H and O–H groups in total. The van der Waals surface area contributed by atoms with Gasteiger partial charge in [0.05, 0.1) is 12.4 Å². The van der Waals surface area contributed by atoms with Crippen LogP contribution >= 0.6 is 11.8 Å². The molecule has 0 aromatic heterocycles. The van der Waals surface area contributed by atoms with Gasteiger partial charge in [0.15, 0.2) is 5.78 Å². The van der Waals surface area contributed by atoms with Gasteiger partial charge in [-0.25, -0.2) is 0 Å². The molecular weight excluding hydrogens is 260 g/mol. The molecule has 0 aliphatic heterocycles. The summed E-state index contributed by atoms with van der Waals surface area (Å²) in [7, 11) is 0. The molecule has 0 amide bonds. The van der Waals surface area contributed by atoms with E-state index < -0.39 is 0 Å². The zero-order chi connectivity index (χ0) is 14.3. The van der Waals surface area contributed by atoms with Crippen molar-refractivity contribution in [3.8, 4) is 0 Å². The van der Waals surface area contributed by atoms with E-state index >= 15 is 0 Å². The zero-order valence-electron chi connectivity index (χ0n) is 11.6. The Kier molecular flexibility index (Phi) is 6.64. The van der Waals surface area contributed by atoms with Gasteiger partial charge in [-0.15, -0.1) is 11.8 Å². The maximum atomic E-state index is 11.8. The van der Waals surface area contributed by atoms with Crippen LogP contribution in [0.4, 0.5) is 0 Å². The first kappa shape index (κ1) is 15.8. The highest BCUT2D eigenvalue weighted by molar-refractivity contribution is 8.00. The standard InChI is InChI=1S/C15H20O3S/c1-4-9-18-14(16)10-19-13-7-5-12(6-8-13)15(17)11(2)3/h5-8,11H,4,9-10H2,1-3H3. The highest BCUT2D eigenvalue weighted by Gasteiger charge is 2.10. The smallest absolute Gasteiger partial charge is 0.316 e. The summed E-state index contributed by atoms with van der Waals surface area (Å²) < 4.78 is 4.99. The van der Waals surface area contributed by atoms with Crippen LogP contribution in [0.25, 0.3) is 0 Å². The number of hydrogen-bond donors (Lipinski definition) is 0. The fourth-order valence-corrected chi connectivity index (χ4v) is 2.14. The van der Waals surface area contributed by atoms with Gasteiger partial charge in [-0.3, -0.25) is 9.59 Å². The lowest BCUT2D eigenvalue weighted by atomic mass is 10.0. The SMILES string of the molecule is CCCOC(=O)CSc1ccc(C(=O)C(C)C)cc1. The third-order valence-electron chi connectivity index (χ3n) is 2.49. The summed E-state index contributed by atoms with van der Waals surface area (Å²) in [5.41, 5.74) is 0.716. The average molecular weight is 280 g/mol. The number of esters is 1. The van der Waals surface area contributed by atoms with Crippen LogP contribution in [0.5, 0.6) is 0 Å². The van der Waals surface area contributed by atoms with Gasteiger partial charge in [0, 0.05) is 16.4 Å². The minimum Gasteiger partial charge on any atom is -0.465 e. The number of benzene rings is 1. The molecule has 0 heterocycles. The van der Waals surface area contributed by atoms with Gasteiger partial charge >= 0.3 is 5.97 Å². The van der Waals surface area contributed by atoms with E-state index in [2.05, 4.69) is 0 Å². The molecule has 0 saturated heterocycles. The number of ether oxygens (including phenoxy) is 1. The topological polar surface area (TPSA) is 43.4 Å². The molecule has 0 saturated carbocycles. The van der Waals surface area contributed by atoms with E-state index in [0.717, 1.165) is 11.3 Å². The van der Waals surface area contributed by atoms with E-state index in [9.17, 15) is 9.59 Å². The van der Waals surface area contributed by atoms with Crippen LogP contribution in [0.1, 0.15) is 37.6 Å². The monoisotopic (exact) mass is 280 g/mol. The van der Waals surface area contributed by atoms with Crippen LogP contribution in [-0.2, 0) is 9.53 Å². The molecule has 3 nitrogen and oxygen atoms in total. The summed E-state index contributed by atoms with van der Waals surface area (Å²) in [6.07, 6.45) is 0.836. The van der Waals surface area contributed by atoms with E-state index in [1.165, 1.54) is 11.8 Å². The first-order valence-electron chi connectivity index (χ1n) is 6.47. The number of carbonyl (C=O) groups excluding carboxylic acids is 2. The number of ketones is 1. The lowest BCUT2D eigenvalue weighted by Crippen LogP contribution is -2.08. The second kappa shape index (κ2) is 8.00.